The fraction of sp³-hybridized carbons (Fsp3) is 1.00. The summed E-state index contributed by atoms with van der Waals surface area (Å²) in [5, 5.41) is 0. The van der Waals surface area contributed by atoms with Gasteiger partial charge in [-0.25, -0.2) is 0 Å². The van der Waals surface area contributed by atoms with Crippen molar-refractivity contribution in [1.29, 1.82) is 0 Å². The average molecular weight is 194 g/mol. The highest BCUT2D eigenvalue weighted by atomic mass is 16.7. The quantitative estimate of drug-likeness (QED) is 0.534. The van der Waals surface area contributed by atoms with Gasteiger partial charge in [0.05, 0.1) is 24.4 Å². The van der Waals surface area contributed by atoms with Gasteiger partial charge < -0.3 is 14.2 Å². The summed E-state index contributed by atoms with van der Waals surface area (Å²) in [7, 11) is 0. The van der Waals surface area contributed by atoms with E-state index in [1.807, 2.05) is 0 Å². The Kier molecular flexibility index (Phi) is 0.865. The third-order valence-electron chi connectivity index (χ3n) is 5.58. The molecule has 0 N–H and O–H groups in total. The summed E-state index contributed by atoms with van der Waals surface area (Å²) in [6, 6.07) is 0. The molecule has 2 heterocycles. The van der Waals surface area contributed by atoms with E-state index in [0.29, 0.717) is 24.4 Å². The van der Waals surface area contributed by atoms with E-state index in [1.54, 1.807) is 0 Å². The van der Waals surface area contributed by atoms with Crippen molar-refractivity contribution < 1.29 is 14.2 Å². The van der Waals surface area contributed by atoms with Gasteiger partial charge in [-0.1, -0.05) is 6.92 Å². The van der Waals surface area contributed by atoms with Gasteiger partial charge in [0.25, 0.3) is 0 Å². The van der Waals surface area contributed by atoms with E-state index in [2.05, 4.69) is 6.92 Å². The van der Waals surface area contributed by atoms with Crippen LogP contribution in [0.3, 0.4) is 0 Å². The van der Waals surface area contributed by atoms with Crippen LogP contribution in [0.5, 0.6) is 0 Å². The van der Waals surface area contributed by atoms with Crippen molar-refractivity contribution in [1.82, 2.24) is 0 Å². The average Bonchev–Trinajstić information content (AvgIpc) is 2.91. The molecule has 7 atom stereocenters. The molecule has 7 unspecified atom stereocenters. The number of fused-ring (bicyclic) bond motifs is 3. The Morgan fingerprint density at radius 1 is 1.29 bits per heavy atom. The minimum atomic E-state index is 0.182. The Bertz CT molecular complexity index is 343. The fourth-order valence-corrected chi connectivity index (χ4v) is 5.21. The first kappa shape index (κ1) is 7.20. The largest absolute Gasteiger partial charge is 0.368 e. The number of epoxide rings is 1. The van der Waals surface area contributed by atoms with Crippen molar-refractivity contribution in [2.45, 2.75) is 31.2 Å². The van der Waals surface area contributed by atoms with E-state index < -0.39 is 0 Å². The molecular formula is C11H14O3. The molecule has 0 amide bonds. The summed E-state index contributed by atoms with van der Waals surface area (Å²) in [4.78, 5) is 0. The lowest BCUT2D eigenvalue weighted by atomic mass is 9.80. The molecule has 0 aromatic carbocycles. The van der Waals surface area contributed by atoms with Crippen LogP contribution in [-0.2, 0) is 14.2 Å². The summed E-state index contributed by atoms with van der Waals surface area (Å²) in [6.07, 6.45) is 2.33. The Morgan fingerprint density at radius 2 is 2.21 bits per heavy atom. The second-order valence-electron chi connectivity index (χ2n) is 5.88. The van der Waals surface area contributed by atoms with Crippen molar-refractivity contribution in [3.05, 3.63) is 0 Å². The maximum absolute atomic E-state index is 6.04. The van der Waals surface area contributed by atoms with Crippen molar-refractivity contribution >= 4 is 0 Å². The van der Waals surface area contributed by atoms with E-state index >= 15 is 0 Å². The summed E-state index contributed by atoms with van der Waals surface area (Å²) < 4.78 is 17.3. The molecular weight excluding hydrogens is 180 g/mol. The van der Waals surface area contributed by atoms with Crippen LogP contribution in [0.1, 0.15) is 13.3 Å². The van der Waals surface area contributed by atoms with Crippen LogP contribution in [0.25, 0.3) is 0 Å². The lowest BCUT2D eigenvalue weighted by Crippen LogP contribution is -2.39. The lowest BCUT2D eigenvalue weighted by molar-refractivity contribution is -0.156. The number of hydrogen-bond donors (Lipinski definition) is 0. The van der Waals surface area contributed by atoms with Gasteiger partial charge in [0.2, 0.25) is 0 Å². The second-order valence-corrected chi connectivity index (χ2v) is 5.88. The van der Waals surface area contributed by atoms with Crippen LogP contribution in [0.4, 0.5) is 0 Å². The fourth-order valence-electron chi connectivity index (χ4n) is 5.21. The lowest BCUT2D eigenvalue weighted by Gasteiger charge is -2.34. The van der Waals surface area contributed by atoms with Gasteiger partial charge in [-0.05, 0) is 12.3 Å². The van der Waals surface area contributed by atoms with Gasteiger partial charge in [-0.2, -0.15) is 0 Å². The Balaban J connectivity index is 1.73. The number of hydrogen-bond acceptors (Lipinski definition) is 3. The third-order valence-corrected chi connectivity index (χ3v) is 5.58. The predicted octanol–water partition coefficient (Wildman–Crippen LogP) is 0.783. The van der Waals surface area contributed by atoms with Gasteiger partial charge >= 0.3 is 0 Å². The zero-order valence-electron chi connectivity index (χ0n) is 8.23. The van der Waals surface area contributed by atoms with Crippen LogP contribution < -0.4 is 0 Å². The highest BCUT2D eigenvalue weighted by molar-refractivity contribution is 5.41. The van der Waals surface area contributed by atoms with Crippen LogP contribution in [0.2, 0.25) is 0 Å². The molecule has 3 aliphatic carbocycles. The monoisotopic (exact) mass is 194 g/mol. The van der Waals surface area contributed by atoms with E-state index in [-0.39, 0.29) is 5.60 Å². The molecule has 2 saturated heterocycles. The molecule has 0 aromatic rings. The summed E-state index contributed by atoms with van der Waals surface area (Å²) in [6.45, 7) is 3.81. The molecule has 3 heteroatoms. The molecule has 76 valence electrons. The van der Waals surface area contributed by atoms with Gasteiger partial charge in [-0.15, -0.1) is 0 Å². The first-order chi connectivity index (χ1) is 6.79. The van der Waals surface area contributed by atoms with Crippen molar-refractivity contribution in [2.75, 3.05) is 13.4 Å². The van der Waals surface area contributed by atoms with E-state index in [9.17, 15) is 0 Å². The van der Waals surface area contributed by atoms with Crippen molar-refractivity contribution in [2.24, 2.45) is 23.2 Å². The summed E-state index contributed by atoms with van der Waals surface area (Å²) in [5.41, 5.74) is 0.503. The van der Waals surface area contributed by atoms with Crippen molar-refractivity contribution in [3.8, 4) is 0 Å². The van der Waals surface area contributed by atoms with Crippen LogP contribution in [-0.4, -0.2) is 31.2 Å². The molecule has 5 rings (SSSR count). The van der Waals surface area contributed by atoms with Crippen molar-refractivity contribution in [3.63, 3.8) is 0 Å². The molecule has 2 bridgehead atoms. The first-order valence-corrected chi connectivity index (χ1v) is 5.66. The highest BCUT2D eigenvalue weighted by Crippen LogP contribution is 2.85. The first-order valence-electron chi connectivity index (χ1n) is 5.66. The van der Waals surface area contributed by atoms with Gasteiger partial charge in [0, 0.05) is 17.3 Å². The maximum atomic E-state index is 6.04. The Hall–Kier alpha value is -0.120. The zero-order valence-corrected chi connectivity index (χ0v) is 8.23. The van der Waals surface area contributed by atoms with Crippen LogP contribution in [0, 0.1) is 23.2 Å². The minimum Gasteiger partial charge on any atom is -0.368 e. The highest BCUT2D eigenvalue weighted by Gasteiger charge is 2.94. The Morgan fingerprint density at radius 3 is 3.07 bits per heavy atom. The van der Waals surface area contributed by atoms with E-state index in [0.717, 1.165) is 24.4 Å². The van der Waals surface area contributed by atoms with E-state index in [1.165, 1.54) is 6.42 Å². The minimum absolute atomic E-state index is 0.182. The topological polar surface area (TPSA) is 31.0 Å². The molecule has 0 aromatic heterocycles. The Labute approximate surface area is 82.7 Å². The molecule has 5 aliphatic rings. The number of rotatable bonds is 0. The van der Waals surface area contributed by atoms with Crippen LogP contribution >= 0.6 is 0 Å². The molecule has 3 saturated carbocycles. The SMILES string of the molecule is CC12CC3COCOC14C3C4C1OC12. The summed E-state index contributed by atoms with van der Waals surface area (Å²) in [5.74, 6) is 2.24. The second kappa shape index (κ2) is 1.68. The maximum Gasteiger partial charge on any atom is 0.147 e. The predicted molar refractivity (Wildman–Crippen MR) is 46.5 cm³/mol. The molecule has 2 aliphatic heterocycles. The van der Waals surface area contributed by atoms with E-state index in [4.69, 9.17) is 14.2 Å². The smallest absolute Gasteiger partial charge is 0.147 e. The molecule has 1 spiro atoms. The summed E-state index contributed by atoms with van der Waals surface area (Å²) >= 11 is 0. The van der Waals surface area contributed by atoms with Gasteiger partial charge in [0.15, 0.2) is 0 Å². The molecule has 0 radical (unpaired) electrons. The molecule has 3 nitrogen and oxygen atoms in total. The third kappa shape index (κ3) is 0.450. The normalized spacial score (nSPS) is 76.5. The van der Waals surface area contributed by atoms with Gasteiger partial charge in [0.1, 0.15) is 6.79 Å². The van der Waals surface area contributed by atoms with Crippen LogP contribution in [0.15, 0.2) is 0 Å². The standard InChI is InChI=1S/C11H14O3/c1-10-2-5-3-12-4-13-11(10)6(5)7(11)8-9(10)14-8/h5-9H,2-4H2,1H3. The number of ether oxygens (including phenoxy) is 3. The molecule has 5 fully saturated rings. The molecule has 14 heavy (non-hydrogen) atoms. The zero-order chi connectivity index (χ0) is 9.13. The van der Waals surface area contributed by atoms with Gasteiger partial charge in [-0.3, -0.25) is 0 Å².